The van der Waals surface area contributed by atoms with Crippen molar-refractivity contribution in [2.75, 3.05) is 0 Å². The highest BCUT2D eigenvalue weighted by atomic mass is 16.5. The zero-order valence-electron chi connectivity index (χ0n) is 9.51. The summed E-state index contributed by atoms with van der Waals surface area (Å²) in [4.78, 5) is 0. The molecule has 1 aromatic heterocycles. The van der Waals surface area contributed by atoms with Crippen LogP contribution in [0.25, 0.3) is 11.0 Å². The van der Waals surface area contributed by atoms with Crippen LogP contribution in [0.3, 0.4) is 0 Å². The van der Waals surface area contributed by atoms with Gasteiger partial charge in [-0.05, 0) is 43.3 Å². The summed E-state index contributed by atoms with van der Waals surface area (Å²) >= 11 is 0. The lowest BCUT2D eigenvalue weighted by Gasteiger charge is -2.05. The molecule has 2 heteroatoms. The van der Waals surface area contributed by atoms with Gasteiger partial charge in [-0.2, -0.15) is 0 Å². The summed E-state index contributed by atoms with van der Waals surface area (Å²) in [6, 6.07) is 15.7. The maximum atomic E-state index is 5.77. The summed E-state index contributed by atoms with van der Waals surface area (Å²) in [5.74, 6) is 1.67. The monoisotopic (exact) mass is 224 g/mol. The van der Waals surface area contributed by atoms with E-state index in [9.17, 15) is 0 Å². The van der Waals surface area contributed by atoms with E-state index in [1.165, 1.54) is 5.56 Å². The van der Waals surface area contributed by atoms with Gasteiger partial charge in [0.25, 0.3) is 0 Å². The van der Waals surface area contributed by atoms with E-state index in [2.05, 4.69) is 6.92 Å². The van der Waals surface area contributed by atoms with E-state index < -0.39 is 0 Å². The predicted octanol–water partition coefficient (Wildman–Crippen LogP) is 4.53. The van der Waals surface area contributed by atoms with E-state index in [4.69, 9.17) is 9.15 Å². The van der Waals surface area contributed by atoms with E-state index in [0.29, 0.717) is 0 Å². The van der Waals surface area contributed by atoms with Crippen LogP contribution in [0.2, 0.25) is 0 Å². The first-order valence-corrected chi connectivity index (χ1v) is 5.53. The van der Waals surface area contributed by atoms with Crippen molar-refractivity contribution in [3.8, 4) is 11.5 Å². The number of hydrogen-bond acceptors (Lipinski definition) is 2. The Balaban J connectivity index is 1.91. The van der Waals surface area contributed by atoms with E-state index in [0.717, 1.165) is 22.5 Å². The van der Waals surface area contributed by atoms with Gasteiger partial charge in [0.1, 0.15) is 17.1 Å². The van der Waals surface area contributed by atoms with Gasteiger partial charge in [-0.3, -0.25) is 0 Å². The standard InChI is InChI=1S/C15H12O2/c1-11-2-4-13(5-3-11)17-14-6-7-15-12(10-14)8-9-16-15/h2-10H,1H3. The molecule has 0 saturated heterocycles. The summed E-state index contributed by atoms with van der Waals surface area (Å²) in [5.41, 5.74) is 2.10. The van der Waals surface area contributed by atoms with E-state index in [-0.39, 0.29) is 0 Å². The van der Waals surface area contributed by atoms with Gasteiger partial charge in [0.2, 0.25) is 0 Å². The van der Waals surface area contributed by atoms with Gasteiger partial charge in [0.05, 0.1) is 6.26 Å². The number of benzene rings is 2. The number of hydrogen-bond donors (Lipinski definition) is 0. The zero-order chi connectivity index (χ0) is 11.7. The molecule has 1 heterocycles. The minimum atomic E-state index is 0.822. The third-order valence-corrected chi connectivity index (χ3v) is 2.68. The molecule has 0 aliphatic carbocycles. The second kappa shape index (κ2) is 3.98. The van der Waals surface area contributed by atoms with E-state index in [1.807, 2.05) is 48.5 Å². The van der Waals surface area contributed by atoms with Gasteiger partial charge in [0, 0.05) is 5.39 Å². The third kappa shape index (κ3) is 2.02. The van der Waals surface area contributed by atoms with Crippen molar-refractivity contribution in [1.82, 2.24) is 0 Å². The Morgan fingerprint density at radius 3 is 2.47 bits per heavy atom. The van der Waals surface area contributed by atoms with Gasteiger partial charge >= 0.3 is 0 Å². The van der Waals surface area contributed by atoms with Crippen molar-refractivity contribution >= 4 is 11.0 Å². The van der Waals surface area contributed by atoms with Gasteiger partial charge in [0.15, 0.2) is 0 Å². The molecule has 0 radical (unpaired) electrons. The largest absolute Gasteiger partial charge is 0.464 e. The van der Waals surface area contributed by atoms with E-state index in [1.54, 1.807) is 6.26 Å². The molecule has 0 spiro atoms. The summed E-state index contributed by atoms with van der Waals surface area (Å²) in [7, 11) is 0. The Labute approximate surface area is 99.4 Å². The van der Waals surface area contributed by atoms with Gasteiger partial charge in [-0.15, -0.1) is 0 Å². The van der Waals surface area contributed by atoms with Crippen molar-refractivity contribution in [1.29, 1.82) is 0 Å². The molecule has 0 aliphatic heterocycles. The first kappa shape index (κ1) is 9.97. The average Bonchev–Trinajstić information content (AvgIpc) is 2.79. The maximum Gasteiger partial charge on any atom is 0.134 e. The van der Waals surface area contributed by atoms with Crippen molar-refractivity contribution in [3.05, 3.63) is 60.4 Å². The lowest BCUT2D eigenvalue weighted by Crippen LogP contribution is -1.83. The Morgan fingerprint density at radius 2 is 1.65 bits per heavy atom. The topological polar surface area (TPSA) is 22.4 Å². The van der Waals surface area contributed by atoms with Crippen LogP contribution >= 0.6 is 0 Å². The minimum absolute atomic E-state index is 0.822. The minimum Gasteiger partial charge on any atom is -0.464 e. The maximum absolute atomic E-state index is 5.77. The van der Waals surface area contributed by atoms with Crippen molar-refractivity contribution in [2.45, 2.75) is 6.92 Å². The van der Waals surface area contributed by atoms with Crippen LogP contribution < -0.4 is 4.74 Å². The normalized spacial score (nSPS) is 10.6. The fraction of sp³-hybridized carbons (Fsp3) is 0.0667. The van der Waals surface area contributed by atoms with Crippen molar-refractivity contribution in [3.63, 3.8) is 0 Å². The summed E-state index contributed by atoms with van der Waals surface area (Å²) < 4.78 is 11.1. The Bertz CT molecular complexity index is 635. The fourth-order valence-electron chi connectivity index (χ4n) is 1.75. The molecule has 0 fully saturated rings. The number of furan rings is 1. The number of rotatable bonds is 2. The average molecular weight is 224 g/mol. The molecule has 0 bridgehead atoms. The van der Waals surface area contributed by atoms with Crippen molar-refractivity contribution in [2.24, 2.45) is 0 Å². The highest BCUT2D eigenvalue weighted by molar-refractivity contribution is 5.78. The van der Waals surface area contributed by atoms with Gasteiger partial charge < -0.3 is 9.15 Å². The molecule has 84 valence electrons. The lowest BCUT2D eigenvalue weighted by molar-refractivity contribution is 0.483. The Kier molecular flexibility index (Phi) is 2.33. The van der Waals surface area contributed by atoms with Crippen LogP contribution in [-0.4, -0.2) is 0 Å². The predicted molar refractivity (Wildman–Crippen MR) is 67.5 cm³/mol. The second-order valence-corrected chi connectivity index (χ2v) is 4.04. The Hall–Kier alpha value is -2.22. The highest BCUT2D eigenvalue weighted by Gasteiger charge is 2.01. The molecule has 0 saturated carbocycles. The van der Waals surface area contributed by atoms with Crippen LogP contribution in [0.1, 0.15) is 5.56 Å². The molecule has 2 nitrogen and oxygen atoms in total. The van der Waals surface area contributed by atoms with Gasteiger partial charge in [-0.25, -0.2) is 0 Å². The van der Waals surface area contributed by atoms with Crippen LogP contribution in [-0.2, 0) is 0 Å². The number of ether oxygens (including phenoxy) is 1. The van der Waals surface area contributed by atoms with Crippen LogP contribution in [0.15, 0.2) is 59.2 Å². The molecule has 3 rings (SSSR count). The first-order valence-electron chi connectivity index (χ1n) is 5.53. The lowest BCUT2D eigenvalue weighted by atomic mass is 10.2. The first-order chi connectivity index (χ1) is 8.31. The fourth-order valence-corrected chi connectivity index (χ4v) is 1.75. The summed E-state index contributed by atoms with van der Waals surface area (Å²) in [5, 5.41) is 1.05. The molecule has 0 N–H and O–H groups in total. The number of aryl methyl sites for hydroxylation is 1. The Morgan fingerprint density at radius 1 is 0.882 bits per heavy atom. The molecular formula is C15H12O2. The van der Waals surface area contributed by atoms with Crippen molar-refractivity contribution < 1.29 is 9.15 Å². The molecule has 3 aromatic rings. The van der Waals surface area contributed by atoms with Crippen LogP contribution in [0.5, 0.6) is 11.5 Å². The van der Waals surface area contributed by atoms with E-state index >= 15 is 0 Å². The molecule has 0 atom stereocenters. The smallest absolute Gasteiger partial charge is 0.134 e. The SMILES string of the molecule is Cc1ccc(Oc2ccc3occc3c2)cc1. The van der Waals surface area contributed by atoms with Crippen LogP contribution in [0, 0.1) is 6.92 Å². The molecule has 0 aliphatic rings. The molecule has 17 heavy (non-hydrogen) atoms. The molecule has 2 aromatic carbocycles. The quantitative estimate of drug-likeness (QED) is 0.638. The van der Waals surface area contributed by atoms with Crippen LogP contribution in [0.4, 0.5) is 0 Å². The molecular weight excluding hydrogens is 212 g/mol. The summed E-state index contributed by atoms with van der Waals surface area (Å²) in [6.07, 6.45) is 1.68. The third-order valence-electron chi connectivity index (χ3n) is 2.68. The second-order valence-electron chi connectivity index (χ2n) is 4.04. The zero-order valence-corrected chi connectivity index (χ0v) is 9.51. The molecule has 0 unspecified atom stereocenters. The molecule has 0 amide bonds. The highest BCUT2D eigenvalue weighted by Crippen LogP contribution is 2.26. The summed E-state index contributed by atoms with van der Waals surface area (Å²) in [6.45, 7) is 2.06. The van der Waals surface area contributed by atoms with Gasteiger partial charge in [-0.1, -0.05) is 17.7 Å². The number of fused-ring (bicyclic) bond motifs is 1.